The molecule has 0 atom stereocenters. The molecule has 0 aliphatic heterocycles. The maximum atomic E-state index is 12.2. The molecule has 2 rings (SSSR count). The molecule has 0 radical (unpaired) electrons. The summed E-state index contributed by atoms with van der Waals surface area (Å²) in [5.74, 6) is -1.02. The van der Waals surface area contributed by atoms with E-state index in [1.807, 2.05) is 0 Å². The van der Waals surface area contributed by atoms with E-state index in [1.165, 1.54) is 24.3 Å². The van der Waals surface area contributed by atoms with Crippen LogP contribution < -0.4 is 10.0 Å². The summed E-state index contributed by atoms with van der Waals surface area (Å²) in [6.45, 7) is -1.39. The number of carbonyl (C=O) groups is 1. The zero-order chi connectivity index (χ0) is 20.1. The number of alkyl halides is 3. The standard InChI is InChI=1S/C17H16ClF3N2O3S/c18-14-5-1-13(2-6-14)10-27(25,26)23-15-7-3-12(4-8-15)9-16(24)22-11-17(19,20)21/h1-8,23H,9-11H2,(H,22,24). The minimum absolute atomic E-state index is 0.242. The normalized spacial score (nSPS) is 11.9. The number of sulfonamides is 1. The Bertz CT molecular complexity index is 883. The van der Waals surface area contributed by atoms with E-state index < -0.39 is 28.7 Å². The van der Waals surface area contributed by atoms with E-state index in [2.05, 4.69) is 4.72 Å². The molecule has 27 heavy (non-hydrogen) atoms. The van der Waals surface area contributed by atoms with E-state index in [1.54, 1.807) is 29.6 Å². The van der Waals surface area contributed by atoms with E-state index >= 15 is 0 Å². The molecule has 10 heteroatoms. The highest BCUT2D eigenvalue weighted by Gasteiger charge is 2.27. The molecule has 0 unspecified atom stereocenters. The first-order valence-electron chi connectivity index (χ1n) is 7.70. The predicted octanol–water partition coefficient (Wildman–Crippen LogP) is 3.50. The van der Waals surface area contributed by atoms with Crippen LogP contribution in [-0.2, 0) is 27.0 Å². The summed E-state index contributed by atoms with van der Waals surface area (Å²) < 4.78 is 62.9. The minimum atomic E-state index is -4.47. The van der Waals surface area contributed by atoms with Crippen LogP contribution in [0.4, 0.5) is 18.9 Å². The fourth-order valence-corrected chi connectivity index (χ4v) is 3.48. The van der Waals surface area contributed by atoms with Crippen LogP contribution in [0.15, 0.2) is 48.5 Å². The first kappa shape index (κ1) is 21.0. The second-order valence-electron chi connectivity index (χ2n) is 5.75. The predicted molar refractivity (Wildman–Crippen MR) is 96.9 cm³/mol. The number of hydrogen-bond acceptors (Lipinski definition) is 3. The molecule has 1 amide bonds. The fourth-order valence-electron chi connectivity index (χ4n) is 2.15. The monoisotopic (exact) mass is 420 g/mol. The van der Waals surface area contributed by atoms with Crippen molar-refractivity contribution in [2.24, 2.45) is 0 Å². The molecule has 0 bridgehead atoms. The molecule has 0 aliphatic rings. The van der Waals surface area contributed by atoms with Crippen LogP contribution in [0.3, 0.4) is 0 Å². The molecule has 2 aromatic carbocycles. The highest BCUT2D eigenvalue weighted by atomic mass is 35.5. The van der Waals surface area contributed by atoms with Gasteiger partial charge in [-0.1, -0.05) is 35.9 Å². The molecule has 0 spiro atoms. The Morgan fingerprint density at radius 3 is 2.07 bits per heavy atom. The first-order valence-corrected chi connectivity index (χ1v) is 9.73. The van der Waals surface area contributed by atoms with Gasteiger partial charge in [0.25, 0.3) is 0 Å². The van der Waals surface area contributed by atoms with Crippen molar-refractivity contribution in [1.82, 2.24) is 5.32 Å². The molecule has 0 heterocycles. The van der Waals surface area contributed by atoms with Gasteiger partial charge < -0.3 is 5.32 Å². The van der Waals surface area contributed by atoms with Crippen molar-refractivity contribution < 1.29 is 26.4 Å². The van der Waals surface area contributed by atoms with Crippen LogP contribution in [0.5, 0.6) is 0 Å². The Morgan fingerprint density at radius 1 is 0.963 bits per heavy atom. The minimum Gasteiger partial charge on any atom is -0.347 e. The van der Waals surface area contributed by atoms with Gasteiger partial charge in [0.05, 0.1) is 12.2 Å². The van der Waals surface area contributed by atoms with Crippen LogP contribution in [0, 0.1) is 0 Å². The van der Waals surface area contributed by atoms with Gasteiger partial charge in [0.15, 0.2) is 0 Å². The summed E-state index contributed by atoms with van der Waals surface area (Å²) >= 11 is 5.76. The molecule has 0 saturated heterocycles. The van der Waals surface area contributed by atoms with Crippen molar-refractivity contribution in [3.8, 4) is 0 Å². The van der Waals surface area contributed by atoms with E-state index in [4.69, 9.17) is 11.6 Å². The number of halogens is 4. The first-order chi connectivity index (χ1) is 12.5. The number of rotatable bonds is 7. The highest BCUT2D eigenvalue weighted by molar-refractivity contribution is 7.91. The van der Waals surface area contributed by atoms with E-state index in [0.717, 1.165) is 0 Å². The van der Waals surface area contributed by atoms with Gasteiger partial charge in [0.1, 0.15) is 6.54 Å². The van der Waals surface area contributed by atoms with Crippen molar-refractivity contribution in [2.75, 3.05) is 11.3 Å². The van der Waals surface area contributed by atoms with Crippen molar-refractivity contribution in [2.45, 2.75) is 18.3 Å². The Hall–Kier alpha value is -2.26. The van der Waals surface area contributed by atoms with Crippen molar-refractivity contribution in [1.29, 1.82) is 0 Å². The number of anilines is 1. The molecule has 2 aromatic rings. The topological polar surface area (TPSA) is 75.3 Å². The largest absolute Gasteiger partial charge is 0.405 e. The van der Waals surface area contributed by atoms with Gasteiger partial charge in [-0.2, -0.15) is 13.2 Å². The van der Waals surface area contributed by atoms with Crippen LogP contribution in [0.25, 0.3) is 0 Å². The number of nitrogens with one attached hydrogen (secondary N) is 2. The number of amides is 1. The lowest BCUT2D eigenvalue weighted by Crippen LogP contribution is -2.34. The lowest BCUT2D eigenvalue weighted by atomic mass is 10.1. The second kappa shape index (κ2) is 8.62. The highest BCUT2D eigenvalue weighted by Crippen LogP contribution is 2.16. The molecule has 0 aliphatic carbocycles. The third-order valence-electron chi connectivity index (χ3n) is 3.35. The van der Waals surface area contributed by atoms with Gasteiger partial charge in [-0.25, -0.2) is 8.42 Å². The fraction of sp³-hybridized carbons (Fsp3) is 0.235. The summed E-state index contributed by atoms with van der Waals surface area (Å²) in [4.78, 5) is 11.5. The molecule has 0 aromatic heterocycles. The maximum absolute atomic E-state index is 12.2. The zero-order valence-electron chi connectivity index (χ0n) is 13.9. The average molecular weight is 421 g/mol. The summed E-state index contributed by atoms with van der Waals surface area (Å²) in [6.07, 6.45) is -4.71. The Balaban J connectivity index is 1.92. The van der Waals surface area contributed by atoms with E-state index in [0.29, 0.717) is 16.1 Å². The summed E-state index contributed by atoms with van der Waals surface area (Å²) in [5, 5.41) is 2.27. The number of hydrogen-bond donors (Lipinski definition) is 2. The van der Waals surface area contributed by atoms with Gasteiger partial charge in [0, 0.05) is 10.7 Å². The molecule has 0 fully saturated rings. The second-order valence-corrected chi connectivity index (χ2v) is 7.91. The quantitative estimate of drug-likeness (QED) is 0.719. The van der Waals surface area contributed by atoms with Crippen LogP contribution in [-0.4, -0.2) is 27.0 Å². The average Bonchev–Trinajstić information content (AvgIpc) is 2.56. The lowest BCUT2D eigenvalue weighted by molar-refractivity contribution is -0.138. The number of benzene rings is 2. The summed E-state index contributed by atoms with van der Waals surface area (Å²) in [5.41, 5.74) is 1.29. The van der Waals surface area contributed by atoms with Crippen molar-refractivity contribution in [3.05, 3.63) is 64.7 Å². The molecule has 2 N–H and O–H groups in total. The van der Waals surface area contributed by atoms with Crippen LogP contribution in [0.2, 0.25) is 5.02 Å². The number of carbonyl (C=O) groups excluding carboxylic acids is 1. The Morgan fingerprint density at radius 2 is 1.52 bits per heavy atom. The van der Waals surface area contributed by atoms with Crippen molar-refractivity contribution in [3.63, 3.8) is 0 Å². The van der Waals surface area contributed by atoms with Crippen LogP contribution in [0.1, 0.15) is 11.1 Å². The Kier molecular flexibility index (Phi) is 6.72. The van der Waals surface area contributed by atoms with E-state index in [-0.39, 0.29) is 17.9 Å². The lowest BCUT2D eigenvalue weighted by Gasteiger charge is -2.10. The molecular formula is C17H16ClF3N2O3S. The van der Waals surface area contributed by atoms with Gasteiger partial charge in [-0.3, -0.25) is 9.52 Å². The van der Waals surface area contributed by atoms with Gasteiger partial charge in [-0.15, -0.1) is 0 Å². The smallest absolute Gasteiger partial charge is 0.347 e. The molecule has 5 nitrogen and oxygen atoms in total. The SMILES string of the molecule is O=C(Cc1ccc(NS(=O)(=O)Cc2ccc(Cl)cc2)cc1)NCC(F)(F)F. The van der Waals surface area contributed by atoms with Crippen molar-refractivity contribution >= 4 is 33.2 Å². The molecule has 0 saturated carbocycles. The summed E-state index contributed by atoms with van der Waals surface area (Å²) in [7, 11) is -3.66. The Labute approximate surface area is 159 Å². The van der Waals surface area contributed by atoms with E-state index in [9.17, 15) is 26.4 Å². The summed E-state index contributed by atoms with van der Waals surface area (Å²) in [6, 6.07) is 12.2. The third kappa shape index (κ3) is 7.88. The molecule has 146 valence electrons. The van der Waals surface area contributed by atoms with Gasteiger partial charge >= 0.3 is 6.18 Å². The van der Waals surface area contributed by atoms with Crippen LogP contribution >= 0.6 is 11.6 Å². The van der Waals surface area contributed by atoms with Gasteiger partial charge in [-0.05, 0) is 35.4 Å². The maximum Gasteiger partial charge on any atom is 0.405 e. The molecular weight excluding hydrogens is 405 g/mol. The zero-order valence-corrected chi connectivity index (χ0v) is 15.5. The third-order valence-corrected chi connectivity index (χ3v) is 4.86. The van der Waals surface area contributed by atoms with Gasteiger partial charge in [0.2, 0.25) is 15.9 Å².